The number of unbranched alkanes of at least 4 members (excludes halogenated alkanes) is 6. The molecule has 0 bridgehead atoms. The number of hydrogen-bond donors (Lipinski definition) is 0. The Morgan fingerprint density at radius 3 is 2.26 bits per heavy atom. The van der Waals surface area contributed by atoms with Crippen molar-refractivity contribution in [3.63, 3.8) is 0 Å². The highest BCUT2D eigenvalue weighted by Crippen LogP contribution is 2.12. The van der Waals surface area contributed by atoms with Gasteiger partial charge in [0.1, 0.15) is 0 Å². The number of carbonyl (C=O) groups excluding carboxylic acids is 1. The van der Waals surface area contributed by atoms with Gasteiger partial charge < -0.3 is 4.74 Å². The number of hydrogen-bond acceptors (Lipinski definition) is 2. The van der Waals surface area contributed by atoms with Gasteiger partial charge in [-0.1, -0.05) is 59.0 Å². The van der Waals surface area contributed by atoms with Gasteiger partial charge in [0.25, 0.3) is 0 Å². The minimum Gasteiger partial charge on any atom is -0.431 e. The van der Waals surface area contributed by atoms with Crippen LogP contribution in [-0.4, -0.2) is 5.97 Å². The molecule has 0 aromatic carbocycles. The van der Waals surface area contributed by atoms with Crippen molar-refractivity contribution in [3.05, 3.63) is 24.5 Å². The summed E-state index contributed by atoms with van der Waals surface area (Å²) < 4.78 is 4.87. The van der Waals surface area contributed by atoms with Crippen LogP contribution in [-0.2, 0) is 9.53 Å². The van der Waals surface area contributed by atoms with Crippen molar-refractivity contribution >= 4 is 5.97 Å². The quantitative estimate of drug-likeness (QED) is 0.217. The monoisotopic (exact) mass is 266 g/mol. The topological polar surface area (TPSA) is 26.3 Å². The zero-order chi connectivity index (χ0) is 14.5. The maximum atomic E-state index is 11.1. The van der Waals surface area contributed by atoms with Crippen LogP contribution in [0.3, 0.4) is 0 Å². The molecule has 19 heavy (non-hydrogen) atoms. The van der Waals surface area contributed by atoms with Crippen molar-refractivity contribution < 1.29 is 9.53 Å². The molecule has 110 valence electrons. The first-order chi connectivity index (χ1) is 9.04. The molecule has 0 spiro atoms. The van der Waals surface area contributed by atoms with E-state index in [1.165, 1.54) is 51.2 Å². The third-order valence-corrected chi connectivity index (χ3v) is 3.02. The molecule has 0 aliphatic heterocycles. The molecule has 0 atom stereocenters. The zero-order valence-corrected chi connectivity index (χ0v) is 12.9. The zero-order valence-electron chi connectivity index (χ0n) is 12.9. The van der Waals surface area contributed by atoms with Crippen LogP contribution in [0.25, 0.3) is 0 Å². The molecule has 0 N–H and O–H groups in total. The predicted octanol–water partition coefficient (Wildman–Crippen LogP) is 5.40. The summed E-state index contributed by atoms with van der Waals surface area (Å²) in [6.07, 6.45) is 13.6. The summed E-state index contributed by atoms with van der Waals surface area (Å²) in [5.41, 5.74) is 0.436. The van der Waals surface area contributed by atoms with E-state index in [4.69, 9.17) is 4.74 Å². The minimum atomic E-state index is -0.346. The summed E-state index contributed by atoms with van der Waals surface area (Å²) in [7, 11) is 0. The van der Waals surface area contributed by atoms with E-state index in [9.17, 15) is 4.79 Å². The lowest BCUT2D eigenvalue weighted by Crippen LogP contribution is -1.98. The van der Waals surface area contributed by atoms with E-state index in [0.717, 1.165) is 12.3 Å². The number of ether oxygens (including phenoxy) is 1. The van der Waals surface area contributed by atoms with E-state index in [1.54, 1.807) is 6.92 Å². The fourth-order valence-corrected chi connectivity index (χ4v) is 1.80. The van der Waals surface area contributed by atoms with Crippen LogP contribution in [0.2, 0.25) is 0 Å². The summed E-state index contributed by atoms with van der Waals surface area (Å²) in [5, 5.41) is 0. The Kier molecular flexibility index (Phi) is 11.3. The maximum absolute atomic E-state index is 11.1. The van der Waals surface area contributed by atoms with Crippen LogP contribution in [0.1, 0.15) is 72.1 Å². The van der Waals surface area contributed by atoms with Crippen molar-refractivity contribution in [2.45, 2.75) is 72.1 Å². The Labute approximate surface area is 118 Å². The molecule has 2 heteroatoms. The lowest BCUT2D eigenvalue weighted by atomic mass is 10.0. The molecule has 0 radical (unpaired) electrons. The lowest BCUT2D eigenvalue weighted by molar-refractivity contribution is -0.133. The van der Waals surface area contributed by atoms with Crippen LogP contribution in [0.15, 0.2) is 24.5 Å². The summed E-state index contributed by atoms with van der Waals surface area (Å²) >= 11 is 0. The number of carbonyl (C=O) groups is 1. The van der Waals surface area contributed by atoms with Gasteiger partial charge in [0.05, 0.1) is 6.26 Å². The molecule has 2 nitrogen and oxygen atoms in total. The summed E-state index contributed by atoms with van der Waals surface area (Å²) in [5.74, 6) is 0.494. The van der Waals surface area contributed by atoms with E-state index in [-0.39, 0.29) is 5.97 Å². The summed E-state index contributed by atoms with van der Waals surface area (Å²) in [4.78, 5) is 11.1. The number of allylic oxidation sites excluding steroid dienone is 1. The van der Waals surface area contributed by atoms with E-state index < -0.39 is 0 Å². The first-order valence-electron chi connectivity index (χ1n) is 7.55. The molecule has 0 amide bonds. The molecule has 0 aromatic heterocycles. The lowest BCUT2D eigenvalue weighted by Gasteiger charge is -2.03. The van der Waals surface area contributed by atoms with Gasteiger partial charge in [-0.2, -0.15) is 0 Å². The fraction of sp³-hybridized carbons (Fsp3) is 0.706. The van der Waals surface area contributed by atoms with Crippen LogP contribution in [0.5, 0.6) is 0 Å². The van der Waals surface area contributed by atoms with E-state index in [0.29, 0.717) is 5.57 Å². The van der Waals surface area contributed by atoms with Crippen LogP contribution in [0, 0.1) is 5.92 Å². The maximum Gasteiger partial charge on any atom is 0.337 e. The van der Waals surface area contributed by atoms with Crippen molar-refractivity contribution in [2.24, 2.45) is 5.92 Å². The molecule has 0 aliphatic rings. The Bertz CT molecular complexity index is 277. The molecule has 0 saturated heterocycles. The summed E-state index contributed by atoms with van der Waals surface area (Å²) in [6, 6.07) is 0. The normalized spacial score (nSPS) is 11.2. The highest BCUT2D eigenvalue weighted by atomic mass is 16.5. The second kappa shape index (κ2) is 12.0. The van der Waals surface area contributed by atoms with Crippen molar-refractivity contribution in [2.75, 3.05) is 0 Å². The van der Waals surface area contributed by atoms with Gasteiger partial charge in [-0.15, -0.1) is 0 Å². The second-order valence-electron chi connectivity index (χ2n) is 5.65. The number of esters is 1. The molecular formula is C17H30O2. The molecule has 0 saturated carbocycles. The Balaban J connectivity index is 3.25. The second-order valence-corrected chi connectivity index (χ2v) is 5.65. The van der Waals surface area contributed by atoms with Gasteiger partial charge in [-0.3, -0.25) is 0 Å². The van der Waals surface area contributed by atoms with Crippen molar-refractivity contribution in [1.29, 1.82) is 0 Å². The van der Waals surface area contributed by atoms with Crippen molar-refractivity contribution in [3.8, 4) is 0 Å². The van der Waals surface area contributed by atoms with E-state index >= 15 is 0 Å². The van der Waals surface area contributed by atoms with Gasteiger partial charge in [0.2, 0.25) is 0 Å². The highest BCUT2D eigenvalue weighted by molar-refractivity contribution is 5.87. The Hall–Kier alpha value is -1.05. The average molecular weight is 266 g/mol. The molecule has 0 unspecified atom stereocenters. The highest BCUT2D eigenvalue weighted by Gasteiger charge is 1.98. The molecule has 0 fully saturated rings. The summed E-state index contributed by atoms with van der Waals surface area (Å²) in [6.45, 7) is 9.74. The average Bonchev–Trinajstić information content (AvgIpc) is 2.35. The van der Waals surface area contributed by atoms with Gasteiger partial charge in [-0.25, -0.2) is 4.79 Å². The van der Waals surface area contributed by atoms with Crippen LogP contribution >= 0.6 is 0 Å². The smallest absolute Gasteiger partial charge is 0.337 e. The van der Waals surface area contributed by atoms with E-state index in [1.807, 2.05) is 6.08 Å². The molecule has 0 aromatic rings. The van der Waals surface area contributed by atoms with Gasteiger partial charge >= 0.3 is 5.97 Å². The largest absolute Gasteiger partial charge is 0.431 e. The van der Waals surface area contributed by atoms with Crippen LogP contribution < -0.4 is 0 Å². The predicted molar refractivity (Wildman–Crippen MR) is 81.8 cm³/mol. The number of rotatable bonds is 11. The van der Waals surface area contributed by atoms with E-state index in [2.05, 4.69) is 20.4 Å². The van der Waals surface area contributed by atoms with Crippen LogP contribution in [0.4, 0.5) is 0 Å². The molecular weight excluding hydrogens is 236 g/mol. The van der Waals surface area contributed by atoms with Gasteiger partial charge in [-0.05, 0) is 31.8 Å². The van der Waals surface area contributed by atoms with Gasteiger partial charge in [0, 0.05) is 5.57 Å². The molecule has 0 heterocycles. The Morgan fingerprint density at radius 1 is 1.11 bits per heavy atom. The van der Waals surface area contributed by atoms with Gasteiger partial charge in [0.15, 0.2) is 0 Å². The SMILES string of the molecule is C=C(C)C(=O)OC=CCCCCCCCCC(C)C. The third-order valence-electron chi connectivity index (χ3n) is 3.02. The molecule has 0 rings (SSSR count). The first kappa shape index (κ1) is 17.9. The fourth-order valence-electron chi connectivity index (χ4n) is 1.80. The minimum absolute atomic E-state index is 0.346. The standard InChI is InChI=1S/C17H30O2/c1-15(2)13-11-9-7-5-6-8-10-12-14-19-17(18)16(3)4/h12,14-15H,3,5-11,13H2,1-2,4H3. The first-order valence-corrected chi connectivity index (χ1v) is 7.55. The molecule has 0 aliphatic carbocycles. The third kappa shape index (κ3) is 13.2. The Morgan fingerprint density at radius 2 is 1.68 bits per heavy atom. The van der Waals surface area contributed by atoms with Crippen molar-refractivity contribution in [1.82, 2.24) is 0 Å².